The molecule has 2 aromatic heterocycles. The van der Waals surface area contributed by atoms with Crippen LogP contribution in [0.25, 0.3) is 16.9 Å². The average molecular weight is 238 g/mol. The van der Waals surface area contributed by atoms with E-state index in [-0.39, 0.29) is 5.84 Å². The molecule has 6 heteroatoms. The van der Waals surface area contributed by atoms with Crippen LogP contribution in [0.4, 0.5) is 0 Å². The highest BCUT2D eigenvalue weighted by atomic mass is 15.3. The SMILES string of the molecule is N=C(N)c1ccnc(-n2ncc3ccccc32)n1. The highest BCUT2D eigenvalue weighted by Gasteiger charge is 2.08. The minimum Gasteiger partial charge on any atom is -0.382 e. The van der Waals surface area contributed by atoms with Crippen molar-refractivity contribution < 1.29 is 0 Å². The van der Waals surface area contributed by atoms with Gasteiger partial charge in [0.05, 0.1) is 11.7 Å². The number of para-hydroxylation sites is 1. The minimum absolute atomic E-state index is 0.0879. The van der Waals surface area contributed by atoms with Gasteiger partial charge in [0.15, 0.2) is 0 Å². The molecule has 0 spiro atoms. The van der Waals surface area contributed by atoms with E-state index in [1.807, 2.05) is 24.3 Å². The van der Waals surface area contributed by atoms with Crippen LogP contribution in [0.3, 0.4) is 0 Å². The molecule has 0 amide bonds. The zero-order chi connectivity index (χ0) is 12.5. The lowest BCUT2D eigenvalue weighted by molar-refractivity contribution is 0.830. The van der Waals surface area contributed by atoms with E-state index in [0.29, 0.717) is 11.6 Å². The summed E-state index contributed by atoms with van der Waals surface area (Å²) < 4.78 is 1.63. The van der Waals surface area contributed by atoms with Crippen molar-refractivity contribution >= 4 is 16.7 Å². The Morgan fingerprint density at radius 3 is 2.89 bits per heavy atom. The highest BCUT2D eigenvalue weighted by Crippen LogP contribution is 2.15. The summed E-state index contributed by atoms with van der Waals surface area (Å²) in [7, 11) is 0. The Bertz CT molecular complexity index is 730. The van der Waals surface area contributed by atoms with Crippen molar-refractivity contribution in [1.29, 1.82) is 5.41 Å². The molecular weight excluding hydrogens is 228 g/mol. The fourth-order valence-electron chi connectivity index (χ4n) is 1.73. The van der Waals surface area contributed by atoms with E-state index in [1.165, 1.54) is 0 Å². The smallest absolute Gasteiger partial charge is 0.251 e. The fourth-order valence-corrected chi connectivity index (χ4v) is 1.73. The number of fused-ring (bicyclic) bond motifs is 1. The average Bonchev–Trinajstić information content (AvgIpc) is 2.82. The first-order valence-electron chi connectivity index (χ1n) is 5.36. The van der Waals surface area contributed by atoms with Gasteiger partial charge in [0.25, 0.3) is 5.95 Å². The molecule has 0 unspecified atom stereocenters. The zero-order valence-corrected chi connectivity index (χ0v) is 9.41. The topological polar surface area (TPSA) is 93.5 Å². The Kier molecular flexibility index (Phi) is 2.26. The van der Waals surface area contributed by atoms with Gasteiger partial charge in [-0.1, -0.05) is 18.2 Å². The van der Waals surface area contributed by atoms with Crippen molar-refractivity contribution in [2.75, 3.05) is 0 Å². The molecule has 1 aromatic carbocycles. The first-order chi connectivity index (χ1) is 8.75. The number of hydrogen-bond donors (Lipinski definition) is 2. The van der Waals surface area contributed by atoms with Crippen molar-refractivity contribution in [3.8, 4) is 5.95 Å². The van der Waals surface area contributed by atoms with Crippen molar-refractivity contribution in [2.45, 2.75) is 0 Å². The number of aromatic nitrogens is 4. The Hall–Kier alpha value is -2.76. The molecular formula is C12H10N6. The van der Waals surface area contributed by atoms with Gasteiger partial charge in [-0.2, -0.15) is 9.78 Å². The van der Waals surface area contributed by atoms with Crippen molar-refractivity contribution in [3.63, 3.8) is 0 Å². The molecule has 2 heterocycles. The van der Waals surface area contributed by atoms with Gasteiger partial charge in [-0.05, 0) is 12.1 Å². The minimum atomic E-state index is -0.0879. The van der Waals surface area contributed by atoms with Crippen LogP contribution < -0.4 is 5.73 Å². The summed E-state index contributed by atoms with van der Waals surface area (Å²) in [5.74, 6) is 0.319. The largest absolute Gasteiger partial charge is 0.382 e. The quantitative estimate of drug-likeness (QED) is 0.516. The van der Waals surface area contributed by atoms with Crippen molar-refractivity contribution in [1.82, 2.24) is 19.7 Å². The van der Waals surface area contributed by atoms with E-state index in [0.717, 1.165) is 10.9 Å². The molecule has 0 saturated carbocycles. The highest BCUT2D eigenvalue weighted by molar-refractivity contribution is 5.93. The summed E-state index contributed by atoms with van der Waals surface area (Å²) in [6, 6.07) is 9.37. The number of nitrogens with one attached hydrogen (secondary N) is 1. The Balaban J connectivity index is 2.20. The van der Waals surface area contributed by atoms with Gasteiger partial charge < -0.3 is 5.73 Å². The third kappa shape index (κ3) is 1.60. The Labute approximate surface area is 103 Å². The molecule has 3 rings (SSSR count). The molecule has 18 heavy (non-hydrogen) atoms. The second-order valence-electron chi connectivity index (χ2n) is 3.77. The second kappa shape index (κ2) is 3.92. The maximum atomic E-state index is 7.38. The number of nitrogens with two attached hydrogens (primary N) is 1. The lowest BCUT2D eigenvalue weighted by Gasteiger charge is -2.03. The molecule has 0 fully saturated rings. The summed E-state index contributed by atoms with van der Waals surface area (Å²) in [5.41, 5.74) is 6.72. The summed E-state index contributed by atoms with van der Waals surface area (Å²) >= 11 is 0. The monoisotopic (exact) mass is 238 g/mol. The molecule has 0 atom stereocenters. The maximum absolute atomic E-state index is 7.38. The standard InChI is InChI=1S/C12H10N6/c13-11(14)9-5-6-15-12(17-9)18-10-4-2-1-3-8(10)7-16-18/h1-7H,(H3,13,14). The fraction of sp³-hybridized carbons (Fsp3) is 0. The number of rotatable bonds is 2. The lowest BCUT2D eigenvalue weighted by Crippen LogP contribution is -2.15. The Morgan fingerprint density at radius 1 is 1.22 bits per heavy atom. The second-order valence-corrected chi connectivity index (χ2v) is 3.77. The normalized spacial score (nSPS) is 10.7. The van der Waals surface area contributed by atoms with E-state index < -0.39 is 0 Å². The van der Waals surface area contributed by atoms with Crippen LogP contribution >= 0.6 is 0 Å². The van der Waals surface area contributed by atoms with E-state index >= 15 is 0 Å². The first kappa shape index (κ1) is 10.4. The first-order valence-corrected chi connectivity index (χ1v) is 5.36. The molecule has 0 saturated heterocycles. The number of benzene rings is 1. The van der Waals surface area contributed by atoms with Gasteiger partial charge in [-0.15, -0.1) is 0 Å². The van der Waals surface area contributed by atoms with E-state index in [1.54, 1.807) is 23.1 Å². The third-order valence-corrected chi connectivity index (χ3v) is 2.59. The number of nitrogens with zero attached hydrogens (tertiary/aromatic N) is 4. The Morgan fingerprint density at radius 2 is 2.06 bits per heavy atom. The summed E-state index contributed by atoms with van der Waals surface area (Å²) in [4.78, 5) is 8.36. The molecule has 3 N–H and O–H groups in total. The van der Waals surface area contributed by atoms with E-state index in [4.69, 9.17) is 11.1 Å². The molecule has 0 aliphatic carbocycles. The van der Waals surface area contributed by atoms with Gasteiger partial charge >= 0.3 is 0 Å². The third-order valence-electron chi connectivity index (χ3n) is 2.59. The molecule has 6 nitrogen and oxygen atoms in total. The molecule has 3 aromatic rings. The number of nitrogen functional groups attached to an aromatic ring is 1. The van der Waals surface area contributed by atoms with Gasteiger partial charge in [0, 0.05) is 11.6 Å². The van der Waals surface area contributed by atoms with Gasteiger partial charge in [-0.3, -0.25) is 5.41 Å². The molecule has 88 valence electrons. The lowest BCUT2D eigenvalue weighted by atomic mass is 10.3. The predicted molar refractivity (Wildman–Crippen MR) is 67.7 cm³/mol. The van der Waals surface area contributed by atoms with E-state index in [2.05, 4.69) is 15.1 Å². The summed E-state index contributed by atoms with van der Waals surface area (Å²) in [6.07, 6.45) is 3.31. The number of hydrogen-bond acceptors (Lipinski definition) is 4. The number of amidine groups is 1. The molecule has 0 aliphatic heterocycles. The van der Waals surface area contributed by atoms with Gasteiger partial charge in [0.2, 0.25) is 0 Å². The van der Waals surface area contributed by atoms with Crippen LogP contribution in [0, 0.1) is 5.41 Å². The maximum Gasteiger partial charge on any atom is 0.251 e. The predicted octanol–water partition coefficient (Wildman–Crippen LogP) is 1.10. The molecule has 0 radical (unpaired) electrons. The van der Waals surface area contributed by atoms with Crippen LogP contribution in [0.5, 0.6) is 0 Å². The van der Waals surface area contributed by atoms with Crippen LogP contribution in [-0.2, 0) is 0 Å². The zero-order valence-electron chi connectivity index (χ0n) is 9.41. The van der Waals surface area contributed by atoms with Crippen molar-refractivity contribution in [3.05, 3.63) is 48.4 Å². The van der Waals surface area contributed by atoms with Crippen LogP contribution in [0.15, 0.2) is 42.7 Å². The van der Waals surface area contributed by atoms with E-state index in [9.17, 15) is 0 Å². The van der Waals surface area contributed by atoms with Crippen LogP contribution in [0.2, 0.25) is 0 Å². The summed E-state index contributed by atoms with van der Waals surface area (Å²) in [6.45, 7) is 0. The molecule has 0 bridgehead atoms. The van der Waals surface area contributed by atoms with Gasteiger partial charge in [-0.25, -0.2) is 9.97 Å². The summed E-state index contributed by atoms with van der Waals surface area (Å²) in [5, 5.41) is 12.6. The van der Waals surface area contributed by atoms with Crippen LogP contribution in [-0.4, -0.2) is 25.6 Å². The van der Waals surface area contributed by atoms with Crippen LogP contribution in [0.1, 0.15) is 5.69 Å². The van der Waals surface area contributed by atoms with Crippen molar-refractivity contribution in [2.24, 2.45) is 5.73 Å². The molecule has 0 aliphatic rings. The van der Waals surface area contributed by atoms with Gasteiger partial charge in [0.1, 0.15) is 11.5 Å².